The first-order valence-electron chi connectivity index (χ1n) is 8.28. The fourth-order valence-electron chi connectivity index (χ4n) is 3.42. The Balaban J connectivity index is 1.76. The van der Waals surface area contributed by atoms with Gasteiger partial charge in [0, 0.05) is 16.8 Å². The van der Waals surface area contributed by atoms with Crippen molar-refractivity contribution in [1.82, 2.24) is 5.32 Å². The van der Waals surface area contributed by atoms with E-state index in [9.17, 15) is 9.90 Å². The molecule has 1 saturated carbocycles. The van der Waals surface area contributed by atoms with E-state index in [1.165, 1.54) is 4.88 Å². The molecular weight excluding hydrogens is 322 g/mol. The van der Waals surface area contributed by atoms with E-state index < -0.39 is 0 Å². The van der Waals surface area contributed by atoms with Crippen LogP contribution in [0, 0.1) is 0 Å². The van der Waals surface area contributed by atoms with Crippen molar-refractivity contribution < 1.29 is 14.6 Å². The lowest BCUT2D eigenvalue weighted by molar-refractivity contribution is 0.0856. The minimum atomic E-state index is -0.219. The normalized spacial score (nSPS) is 23.7. The molecule has 0 saturated heterocycles. The number of thiophene rings is 1. The van der Waals surface area contributed by atoms with Gasteiger partial charge in [-0.05, 0) is 49.3 Å². The van der Waals surface area contributed by atoms with Crippen LogP contribution in [0.3, 0.4) is 0 Å². The monoisotopic (exact) mass is 345 g/mol. The summed E-state index contributed by atoms with van der Waals surface area (Å²) in [5, 5.41) is 15.0. The van der Waals surface area contributed by atoms with E-state index in [1.807, 2.05) is 12.1 Å². The van der Waals surface area contributed by atoms with Crippen LogP contribution in [0.1, 0.15) is 40.9 Å². The van der Waals surface area contributed by atoms with Crippen molar-refractivity contribution in [2.24, 2.45) is 0 Å². The molecule has 4 nitrogen and oxygen atoms in total. The van der Waals surface area contributed by atoms with E-state index >= 15 is 0 Å². The van der Waals surface area contributed by atoms with Gasteiger partial charge in [0.2, 0.25) is 0 Å². The predicted molar refractivity (Wildman–Crippen MR) is 95.8 cm³/mol. The van der Waals surface area contributed by atoms with E-state index in [2.05, 4.69) is 22.8 Å². The third kappa shape index (κ3) is 3.47. The molecule has 1 aliphatic carbocycles. The largest absolute Gasteiger partial charge is 0.496 e. The second kappa shape index (κ2) is 7.36. The Kier molecular flexibility index (Phi) is 5.21. The minimum Gasteiger partial charge on any atom is -0.496 e. The Bertz CT molecular complexity index is 676. The van der Waals surface area contributed by atoms with Crippen molar-refractivity contribution >= 4 is 17.2 Å². The molecule has 3 rings (SSSR count). The fraction of sp³-hybridized carbons (Fsp3) is 0.421. The van der Waals surface area contributed by atoms with Crippen LogP contribution in [0.2, 0.25) is 0 Å². The third-order valence-corrected chi connectivity index (χ3v) is 6.01. The van der Waals surface area contributed by atoms with Gasteiger partial charge in [-0.3, -0.25) is 4.79 Å². The van der Waals surface area contributed by atoms with Crippen LogP contribution in [-0.2, 0) is 5.41 Å². The van der Waals surface area contributed by atoms with E-state index in [0.29, 0.717) is 17.9 Å². The van der Waals surface area contributed by atoms with Crippen LogP contribution in [0.15, 0.2) is 41.8 Å². The quantitative estimate of drug-likeness (QED) is 0.874. The number of carbonyl (C=O) groups excluding carboxylic acids is 1. The van der Waals surface area contributed by atoms with Crippen molar-refractivity contribution in [1.29, 1.82) is 0 Å². The summed E-state index contributed by atoms with van der Waals surface area (Å²) >= 11 is 1.73. The second-order valence-electron chi connectivity index (χ2n) is 6.37. The maximum absolute atomic E-state index is 12.6. The average molecular weight is 345 g/mol. The van der Waals surface area contributed by atoms with Gasteiger partial charge in [-0.2, -0.15) is 0 Å². The van der Waals surface area contributed by atoms with Crippen LogP contribution >= 0.6 is 11.3 Å². The standard InChI is InChI=1S/C19H23NO3S/c1-23-16-6-3-2-5-15(16)18(22)20-13-19(17-7-4-12-24-17)10-8-14(21)9-11-19/h2-7,12,14,21H,8-11,13H2,1H3,(H,20,22)/t14-,19+. The van der Waals surface area contributed by atoms with Gasteiger partial charge >= 0.3 is 0 Å². The second-order valence-corrected chi connectivity index (χ2v) is 7.32. The van der Waals surface area contributed by atoms with Crippen LogP contribution < -0.4 is 10.1 Å². The molecule has 0 bridgehead atoms. The molecule has 5 heteroatoms. The summed E-state index contributed by atoms with van der Waals surface area (Å²) in [6.45, 7) is 0.580. The fourth-order valence-corrected chi connectivity index (χ4v) is 4.41. The molecule has 0 radical (unpaired) electrons. The van der Waals surface area contributed by atoms with E-state index in [-0.39, 0.29) is 17.4 Å². The highest BCUT2D eigenvalue weighted by Crippen LogP contribution is 2.41. The molecule has 1 amide bonds. The SMILES string of the molecule is COc1ccccc1C(=O)NC[C@]1(c2cccs2)CC[C@@H](O)CC1. The Morgan fingerprint density at radius 1 is 1.29 bits per heavy atom. The summed E-state index contributed by atoms with van der Waals surface area (Å²) in [5.74, 6) is 0.466. The summed E-state index contributed by atoms with van der Waals surface area (Å²) in [7, 11) is 1.57. The van der Waals surface area contributed by atoms with Crippen molar-refractivity contribution in [3.63, 3.8) is 0 Å². The molecule has 1 fully saturated rings. The first-order valence-corrected chi connectivity index (χ1v) is 9.16. The maximum Gasteiger partial charge on any atom is 0.255 e. The number of para-hydroxylation sites is 1. The van der Waals surface area contributed by atoms with Crippen LogP contribution in [-0.4, -0.2) is 30.8 Å². The van der Waals surface area contributed by atoms with Crippen LogP contribution in [0.25, 0.3) is 0 Å². The highest BCUT2D eigenvalue weighted by molar-refractivity contribution is 7.10. The third-order valence-electron chi connectivity index (χ3n) is 4.90. The van der Waals surface area contributed by atoms with Crippen molar-refractivity contribution in [2.75, 3.05) is 13.7 Å². The summed E-state index contributed by atoms with van der Waals surface area (Å²) < 4.78 is 5.28. The smallest absolute Gasteiger partial charge is 0.255 e. The number of hydrogen-bond donors (Lipinski definition) is 2. The molecule has 1 aliphatic rings. The zero-order valence-corrected chi connectivity index (χ0v) is 14.6. The van der Waals surface area contributed by atoms with Gasteiger partial charge in [0.25, 0.3) is 5.91 Å². The molecule has 1 heterocycles. The van der Waals surface area contributed by atoms with Gasteiger partial charge < -0.3 is 15.2 Å². The van der Waals surface area contributed by atoms with Crippen molar-refractivity contribution in [2.45, 2.75) is 37.2 Å². The Labute approximate surface area is 146 Å². The highest BCUT2D eigenvalue weighted by Gasteiger charge is 2.37. The first-order chi connectivity index (χ1) is 11.6. The summed E-state index contributed by atoms with van der Waals surface area (Å²) in [6.07, 6.45) is 3.12. The van der Waals surface area contributed by atoms with E-state index in [0.717, 1.165) is 25.7 Å². The molecule has 2 N–H and O–H groups in total. The summed E-state index contributed by atoms with van der Waals surface area (Å²) in [5.41, 5.74) is 0.475. The maximum atomic E-state index is 12.6. The zero-order valence-electron chi connectivity index (χ0n) is 13.8. The molecule has 0 unspecified atom stereocenters. The topological polar surface area (TPSA) is 58.6 Å². The zero-order chi connectivity index (χ0) is 17.0. The number of methoxy groups -OCH3 is 1. The number of carbonyl (C=O) groups is 1. The van der Waals surface area contributed by atoms with Crippen molar-refractivity contribution in [3.8, 4) is 5.75 Å². The first kappa shape index (κ1) is 17.0. The lowest BCUT2D eigenvalue weighted by Gasteiger charge is -2.38. The Morgan fingerprint density at radius 2 is 2.04 bits per heavy atom. The van der Waals surface area contributed by atoms with Gasteiger partial charge in [0.05, 0.1) is 18.8 Å². The molecule has 24 heavy (non-hydrogen) atoms. The molecule has 0 atom stereocenters. The molecule has 0 spiro atoms. The number of ether oxygens (including phenoxy) is 1. The number of aliphatic hydroxyl groups is 1. The van der Waals surface area contributed by atoms with Crippen molar-refractivity contribution in [3.05, 3.63) is 52.2 Å². The molecular formula is C19H23NO3S. The Morgan fingerprint density at radius 3 is 2.71 bits per heavy atom. The number of amides is 1. The minimum absolute atomic E-state index is 0.0783. The van der Waals surface area contributed by atoms with Crippen LogP contribution in [0.5, 0.6) is 5.75 Å². The lowest BCUT2D eigenvalue weighted by atomic mass is 9.72. The van der Waals surface area contributed by atoms with E-state index in [4.69, 9.17) is 4.74 Å². The van der Waals surface area contributed by atoms with Gasteiger partial charge in [0.1, 0.15) is 5.75 Å². The number of nitrogens with one attached hydrogen (secondary N) is 1. The average Bonchev–Trinajstić information content (AvgIpc) is 3.16. The van der Waals surface area contributed by atoms with Gasteiger partial charge in [-0.25, -0.2) is 0 Å². The number of benzene rings is 1. The van der Waals surface area contributed by atoms with Gasteiger partial charge in [0.15, 0.2) is 0 Å². The van der Waals surface area contributed by atoms with Gasteiger partial charge in [-0.1, -0.05) is 18.2 Å². The predicted octanol–water partition coefficient (Wildman–Crippen LogP) is 3.36. The summed E-state index contributed by atoms with van der Waals surface area (Å²) in [4.78, 5) is 13.9. The molecule has 1 aromatic heterocycles. The van der Waals surface area contributed by atoms with Gasteiger partial charge in [-0.15, -0.1) is 11.3 Å². The van der Waals surface area contributed by atoms with Crippen LogP contribution in [0.4, 0.5) is 0 Å². The molecule has 2 aromatic rings. The lowest BCUT2D eigenvalue weighted by Crippen LogP contribution is -2.43. The Hall–Kier alpha value is -1.85. The van der Waals surface area contributed by atoms with E-state index in [1.54, 1.807) is 30.6 Å². The molecule has 1 aromatic carbocycles. The summed E-state index contributed by atoms with van der Waals surface area (Å²) in [6, 6.07) is 11.4. The molecule has 128 valence electrons. The number of rotatable bonds is 5. The number of aliphatic hydroxyl groups excluding tert-OH is 1. The number of hydrogen-bond acceptors (Lipinski definition) is 4. The molecule has 0 aliphatic heterocycles. The highest BCUT2D eigenvalue weighted by atomic mass is 32.1.